The number of carbonyl (C=O) groups excluding carboxylic acids is 1. The van der Waals surface area contributed by atoms with Gasteiger partial charge >= 0.3 is 0 Å². The Kier molecular flexibility index (Phi) is 8.45. The zero-order valence-electron chi connectivity index (χ0n) is 16.7. The Bertz CT molecular complexity index is 958. The van der Waals surface area contributed by atoms with E-state index in [9.17, 15) is 4.79 Å². The van der Waals surface area contributed by atoms with Crippen LogP contribution in [0.2, 0.25) is 0 Å². The van der Waals surface area contributed by atoms with Gasteiger partial charge in [-0.25, -0.2) is 15.0 Å². The number of halogens is 2. The standard InChI is InChI=1S/C20H21I2N3O3.Co/c1-9(2)13-7-27-19(23-13)17-15(21)12(6-11(5)26)16(22)18(25-17)20-24-14(8-28-20)10(3)4;/h7-10H,6H2,1-5H3;. The molecule has 0 atom stereocenters. The van der Waals surface area contributed by atoms with Crippen LogP contribution in [0, 0.1) is 7.14 Å². The van der Waals surface area contributed by atoms with Crippen LogP contribution in [-0.2, 0) is 28.0 Å². The molecule has 157 valence electrons. The number of oxazole rings is 2. The molecule has 3 aromatic rings. The third-order valence-electron chi connectivity index (χ3n) is 4.23. The smallest absolute Gasteiger partial charge is 0.246 e. The van der Waals surface area contributed by atoms with Crippen LogP contribution in [-0.4, -0.2) is 20.7 Å². The van der Waals surface area contributed by atoms with Gasteiger partial charge in [0, 0.05) is 30.3 Å². The molecule has 0 unspecified atom stereocenters. The summed E-state index contributed by atoms with van der Waals surface area (Å²) in [6.07, 6.45) is 3.61. The van der Waals surface area contributed by atoms with Gasteiger partial charge in [0.1, 0.15) is 29.7 Å². The number of rotatable bonds is 6. The molecule has 0 fully saturated rings. The zero-order chi connectivity index (χ0) is 20.6. The molecule has 0 aliphatic rings. The Morgan fingerprint density at radius 1 is 0.897 bits per heavy atom. The minimum atomic E-state index is 0. The molecule has 0 saturated heterocycles. The first-order valence-electron chi connectivity index (χ1n) is 8.97. The zero-order valence-corrected chi connectivity index (χ0v) is 22.0. The number of Topliss-reactive ketones (excluding diaryl/α,β-unsaturated/α-hetero) is 1. The van der Waals surface area contributed by atoms with Gasteiger partial charge in [0.05, 0.1) is 11.4 Å². The summed E-state index contributed by atoms with van der Waals surface area (Å²) in [7, 11) is 0. The number of carbonyl (C=O) groups is 1. The molecule has 0 N–H and O–H groups in total. The van der Waals surface area contributed by atoms with E-state index in [0.717, 1.165) is 24.1 Å². The average molecular weight is 664 g/mol. The summed E-state index contributed by atoms with van der Waals surface area (Å²) in [6, 6.07) is 0. The molecule has 9 heteroatoms. The minimum Gasteiger partial charge on any atom is -0.443 e. The topological polar surface area (TPSA) is 82.0 Å². The summed E-state index contributed by atoms with van der Waals surface area (Å²) in [5.41, 5.74) is 3.81. The van der Waals surface area contributed by atoms with Gasteiger partial charge in [-0.2, -0.15) is 0 Å². The van der Waals surface area contributed by atoms with E-state index < -0.39 is 0 Å². The maximum atomic E-state index is 11.9. The number of ketones is 1. The number of aromatic nitrogens is 3. The van der Waals surface area contributed by atoms with Crippen molar-refractivity contribution in [1.82, 2.24) is 15.0 Å². The van der Waals surface area contributed by atoms with E-state index in [1.54, 1.807) is 19.5 Å². The van der Waals surface area contributed by atoms with E-state index in [0.29, 0.717) is 29.6 Å². The van der Waals surface area contributed by atoms with Crippen LogP contribution in [0.1, 0.15) is 63.4 Å². The van der Waals surface area contributed by atoms with Gasteiger partial charge in [0.25, 0.3) is 0 Å². The van der Waals surface area contributed by atoms with Crippen molar-refractivity contribution in [1.29, 1.82) is 0 Å². The molecular formula is C20H21CoI2N3O3. The average Bonchev–Trinajstić information content (AvgIpc) is 3.28. The summed E-state index contributed by atoms with van der Waals surface area (Å²) < 4.78 is 13.1. The summed E-state index contributed by atoms with van der Waals surface area (Å²) in [5.74, 6) is 1.44. The molecule has 6 nitrogen and oxygen atoms in total. The van der Waals surface area contributed by atoms with Crippen molar-refractivity contribution in [2.24, 2.45) is 0 Å². The van der Waals surface area contributed by atoms with Crippen molar-refractivity contribution in [3.05, 3.63) is 36.6 Å². The van der Waals surface area contributed by atoms with Gasteiger partial charge in [-0.3, -0.25) is 4.79 Å². The van der Waals surface area contributed by atoms with Gasteiger partial charge < -0.3 is 8.83 Å². The van der Waals surface area contributed by atoms with Crippen molar-refractivity contribution in [3.63, 3.8) is 0 Å². The van der Waals surface area contributed by atoms with Gasteiger partial charge in [-0.1, -0.05) is 27.7 Å². The predicted octanol–water partition coefficient (Wildman–Crippen LogP) is 5.98. The van der Waals surface area contributed by atoms with Crippen LogP contribution in [0.3, 0.4) is 0 Å². The van der Waals surface area contributed by atoms with E-state index in [2.05, 4.69) is 82.8 Å². The first-order chi connectivity index (χ1) is 13.2. The molecule has 0 bridgehead atoms. The first-order valence-corrected chi connectivity index (χ1v) is 11.1. The second kappa shape index (κ2) is 10.0. The molecule has 29 heavy (non-hydrogen) atoms. The molecular weight excluding hydrogens is 643 g/mol. The monoisotopic (exact) mass is 664 g/mol. The maximum absolute atomic E-state index is 11.9. The fourth-order valence-corrected chi connectivity index (χ4v) is 4.74. The van der Waals surface area contributed by atoms with E-state index in [1.165, 1.54) is 0 Å². The molecule has 0 aliphatic heterocycles. The summed E-state index contributed by atoms with van der Waals surface area (Å²) in [4.78, 5) is 25.9. The molecule has 1 radical (unpaired) electrons. The predicted molar refractivity (Wildman–Crippen MR) is 123 cm³/mol. The minimum absolute atomic E-state index is 0. The number of nitrogens with zero attached hydrogens (tertiary/aromatic N) is 3. The maximum Gasteiger partial charge on any atom is 0.246 e. The van der Waals surface area contributed by atoms with Crippen LogP contribution in [0.4, 0.5) is 0 Å². The van der Waals surface area contributed by atoms with Crippen LogP contribution in [0.5, 0.6) is 0 Å². The summed E-state index contributed by atoms with van der Waals surface area (Å²) >= 11 is 4.42. The fourth-order valence-electron chi connectivity index (χ4n) is 2.60. The third-order valence-corrected chi connectivity index (χ3v) is 6.55. The first kappa shape index (κ1) is 24.5. The van der Waals surface area contributed by atoms with Gasteiger partial charge in [0.15, 0.2) is 0 Å². The molecule has 0 spiro atoms. The Morgan fingerprint density at radius 3 is 1.62 bits per heavy atom. The normalized spacial score (nSPS) is 11.2. The van der Waals surface area contributed by atoms with E-state index in [4.69, 9.17) is 13.8 Å². The molecule has 0 saturated carbocycles. The van der Waals surface area contributed by atoms with Gasteiger partial charge in [-0.05, 0) is 69.5 Å². The van der Waals surface area contributed by atoms with Gasteiger partial charge in [-0.15, -0.1) is 0 Å². The molecule has 0 amide bonds. The van der Waals surface area contributed by atoms with Crippen molar-refractivity contribution in [2.45, 2.75) is 52.9 Å². The summed E-state index contributed by atoms with van der Waals surface area (Å²) in [5, 5.41) is 0. The fraction of sp³-hybridized carbons (Fsp3) is 0.400. The number of hydrogen-bond donors (Lipinski definition) is 0. The summed E-state index contributed by atoms with van der Waals surface area (Å²) in [6.45, 7) is 9.80. The van der Waals surface area contributed by atoms with Crippen LogP contribution in [0.25, 0.3) is 23.2 Å². The SMILES string of the molecule is CC(=O)Cc1c(I)c(-c2nc(C(C)C)co2)nc(-c2nc(C(C)C)co2)c1I.[Co]. The molecule has 0 aliphatic carbocycles. The van der Waals surface area contributed by atoms with Crippen molar-refractivity contribution in [3.8, 4) is 23.2 Å². The molecule has 0 aromatic carbocycles. The Balaban J connectivity index is 0.00000300. The van der Waals surface area contributed by atoms with E-state index >= 15 is 0 Å². The number of hydrogen-bond acceptors (Lipinski definition) is 6. The van der Waals surface area contributed by atoms with Crippen molar-refractivity contribution in [2.75, 3.05) is 0 Å². The second-order valence-corrected chi connectivity index (χ2v) is 9.42. The van der Waals surface area contributed by atoms with Crippen LogP contribution in [0.15, 0.2) is 21.4 Å². The molecule has 3 heterocycles. The Hall–Kier alpha value is -0.794. The Labute approximate surface area is 207 Å². The Morgan fingerprint density at radius 2 is 1.31 bits per heavy atom. The van der Waals surface area contributed by atoms with Crippen molar-refractivity contribution >= 4 is 51.0 Å². The largest absolute Gasteiger partial charge is 0.443 e. The van der Waals surface area contributed by atoms with Crippen LogP contribution >= 0.6 is 45.2 Å². The van der Waals surface area contributed by atoms with Crippen molar-refractivity contribution < 1.29 is 30.4 Å². The molecule has 3 rings (SSSR count). The second-order valence-electron chi connectivity index (χ2n) is 7.26. The van der Waals surface area contributed by atoms with E-state index in [1.807, 2.05) is 0 Å². The van der Waals surface area contributed by atoms with Crippen LogP contribution < -0.4 is 0 Å². The third kappa shape index (κ3) is 5.28. The van der Waals surface area contributed by atoms with E-state index in [-0.39, 0.29) is 34.4 Å². The number of pyridine rings is 1. The van der Waals surface area contributed by atoms with Gasteiger partial charge in [0.2, 0.25) is 11.8 Å². The molecule has 3 aromatic heterocycles. The quantitative estimate of drug-likeness (QED) is 0.302.